The van der Waals surface area contributed by atoms with Crippen LogP contribution in [-0.2, 0) is 71.4 Å². The van der Waals surface area contributed by atoms with Gasteiger partial charge in [0.15, 0.2) is 30.9 Å². The van der Waals surface area contributed by atoms with E-state index in [-0.39, 0.29) is 31.0 Å². The smallest absolute Gasteiger partial charge is 0.321 e. The van der Waals surface area contributed by atoms with Gasteiger partial charge in [-0.25, -0.2) is 0 Å². The number of ketones is 1. The van der Waals surface area contributed by atoms with Gasteiger partial charge in [0.25, 0.3) is 9.70 Å². The Labute approximate surface area is 369 Å². The van der Waals surface area contributed by atoms with Gasteiger partial charge >= 0.3 is 23.9 Å². The molecule has 0 saturated carbocycles. The molecule has 22 heteroatoms. The predicted molar refractivity (Wildman–Crippen MR) is 211 cm³/mol. The molecular weight excluding hydrogens is 896 g/mol. The van der Waals surface area contributed by atoms with Crippen molar-refractivity contribution >= 4 is 82.0 Å². The van der Waals surface area contributed by atoms with Crippen LogP contribution >= 0.6 is 46.4 Å². The lowest BCUT2D eigenvalue weighted by molar-refractivity contribution is -0.372. The molecule has 3 saturated heterocycles. The molecule has 0 aromatic heterocycles. The van der Waals surface area contributed by atoms with E-state index in [2.05, 4.69) is 5.32 Å². The number of alkyl halides is 4. The number of hydrogen-bond acceptors (Lipinski definition) is 17. The summed E-state index contributed by atoms with van der Waals surface area (Å²) in [6, 6.07) is 13.7. The lowest BCUT2D eigenvalue weighted by Crippen LogP contribution is -2.71. The Balaban J connectivity index is 1.61. The molecule has 11 atom stereocenters. The number of rotatable bonds is 16. The van der Waals surface area contributed by atoms with Crippen molar-refractivity contribution in [1.82, 2.24) is 5.32 Å². The molecule has 0 radical (unpaired) electrons. The zero-order chi connectivity index (χ0) is 44.4. The SMILES string of the molecule is COc1ccc(O[C@H]2O[C@@H]3COC(c4ccccc4)O[C@H]3[C@H](O[C@@H]3O[C@H](COC(=O)CCC(C)=O)[C@@H](OC(=O)CCl)[C@H](OC(C)=O)[C@H]3OC(C)=O)[C@H]2NC(=O)C(Cl)(Cl)Cl)cc1. The van der Waals surface area contributed by atoms with Crippen molar-refractivity contribution in [3.05, 3.63) is 60.2 Å². The minimum atomic E-state index is -2.53. The number of methoxy groups -OCH3 is 1. The summed E-state index contributed by atoms with van der Waals surface area (Å²) in [5, 5.41) is 2.61. The zero-order valence-electron chi connectivity index (χ0n) is 33.0. The van der Waals surface area contributed by atoms with Crippen LogP contribution < -0.4 is 14.8 Å². The topological polar surface area (TPSA) is 216 Å². The van der Waals surface area contributed by atoms with E-state index in [0.717, 1.165) is 13.8 Å². The maximum atomic E-state index is 13.5. The van der Waals surface area contributed by atoms with Crippen LogP contribution in [0.1, 0.15) is 45.5 Å². The third-order valence-electron chi connectivity index (χ3n) is 9.23. The van der Waals surface area contributed by atoms with Gasteiger partial charge < -0.3 is 62.2 Å². The fraction of sp³-hybridized carbons (Fsp3) is 0.538. The van der Waals surface area contributed by atoms with E-state index in [1.54, 1.807) is 54.6 Å². The van der Waals surface area contributed by atoms with E-state index in [1.165, 1.54) is 14.0 Å². The summed E-state index contributed by atoms with van der Waals surface area (Å²) in [5.41, 5.74) is 0.593. The third-order valence-corrected chi connectivity index (χ3v) is 9.96. The highest BCUT2D eigenvalue weighted by atomic mass is 35.6. The molecule has 334 valence electrons. The summed E-state index contributed by atoms with van der Waals surface area (Å²) in [7, 11) is 1.48. The highest BCUT2D eigenvalue weighted by molar-refractivity contribution is 6.76. The largest absolute Gasteiger partial charge is 0.497 e. The molecule has 1 amide bonds. The van der Waals surface area contributed by atoms with Crippen LogP contribution in [0.25, 0.3) is 0 Å². The molecule has 3 fully saturated rings. The summed E-state index contributed by atoms with van der Waals surface area (Å²) in [4.78, 5) is 75.9. The maximum Gasteiger partial charge on any atom is 0.321 e. The average molecular weight is 940 g/mol. The molecule has 18 nitrogen and oxygen atoms in total. The van der Waals surface area contributed by atoms with E-state index >= 15 is 0 Å². The number of fused-ring (bicyclic) bond motifs is 1. The molecule has 2 aromatic carbocycles. The lowest BCUT2D eigenvalue weighted by atomic mass is 9.94. The average Bonchev–Trinajstić information content (AvgIpc) is 3.22. The molecule has 61 heavy (non-hydrogen) atoms. The summed E-state index contributed by atoms with van der Waals surface area (Å²) >= 11 is 23.9. The fourth-order valence-electron chi connectivity index (χ4n) is 6.56. The fourth-order valence-corrected chi connectivity index (χ4v) is 6.79. The summed E-state index contributed by atoms with van der Waals surface area (Å²) in [5.74, 6) is -5.04. The molecule has 1 unspecified atom stereocenters. The van der Waals surface area contributed by atoms with E-state index in [1.807, 2.05) is 0 Å². The first-order valence-electron chi connectivity index (χ1n) is 18.7. The van der Waals surface area contributed by atoms with Gasteiger partial charge in [-0.2, -0.15) is 0 Å². The predicted octanol–water partition coefficient (Wildman–Crippen LogP) is 3.80. The number of benzene rings is 2. The highest BCUT2D eigenvalue weighted by Gasteiger charge is 2.58. The van der Waals surface area contributed by atoms with Crippen LogP contribution in [0.3, 0.4) is 0 Å². The lowest BCUT2D eigenvalue weighted by Gasteiger charge is -2.51. The van der Waals surface area contributed by atoms with Crippen LogP contribution in [0.15, 0.2) is 54.6 Å². The van der Waals surface area contributed by atoms with Crippen LogP contribution in [-0.4, -0.2) is 127 Å². The molecule has 2 aromatic rings. The molecule has 1 N–H and O–H groups in total. The number of hydrogen-bond donors (Lipinski definition) is 1. The second-order valence-electron chi connectivity index (χ2n) is 13.8. The molecule has 3 heterocycles. The van der Waals surface area contributed by atoms with Crippen LogP contribution in [0.4, 0.5) is 0 Å². The van der Waals surface area contributed by atoms with Crippen molar-refractivity contribution in [3.8, 4) is 11.5 Å². The monoisotopic (exact) mass is 937 g/mol. The Morgan fingerprint density at radius 2 is 1.41 bits per heavy atom. The number of Topliss-reactive ketones (excluding diaryl/α,β-unsaturated/α-hetero) is 1. The van der Waals surface area contributed by atoms with E-state index in [4.69, 9.17) is 98.5 Å². The molecule has 0 spiro atoms. The van der Waals surface area contributed by atoms with Gasteiger partial charge in [0.1, 0.15) is 60.2 Å². The Hall–Kier alpha value is -3.98. The Bertz CT molecular complexity index is 1850. The molecule has 3 aliphatic rings. The van der Waals surface area contributed by atoms with Gasteiger partial charge in [-0.3, -0.25) is 24.0 Å². The van der Waals surface area contributed by atoms with E-state index < -0.39 is 114 Å². The molecule has 0 aliphatic carbocycles. The standard InChI is InChI=1S/C39H43Cl4NO17/c1-19(45)10-15-27(48)52-17-25-31(59-28(49)16-40)33(54-20(2)46)34(55-21(3)47)37(58-25)61-32-29(44-38(50)39(41,42)43)36(56-24-13-11-23(51-4)12-14-24)57-26-18-53-35(60-30(26)32)22-8-6-5-7-9-22/h5-9,11-14,25-26,29-37H,10,15-18H2,1-4H3,(H,44,50)/t25-,26-,29-,30-,31-,32-,33+,34-,35?,36+,37+/m1/s1. The van der Waals surface area contributed by atoms with Gasteiger partial charge in [0, 0.05) is 25.8 Å². The zero-order valence-corrected chi connectivity index (χ0v) is 36.1. The van der Waals surface area contributed by atoms with E-state index in [9.17, 15) is 28.8 Å². The summed E-state index contributed by atoms with van der Waals surface area (Å²) in [6.07, 6.45) is -15.0. The number of ether oxygens (including phenoxy) is 11. The van der Waals surface area contributed by atoms with Crippen LogP contribution in [0.5, 0.6) is 11.5 Å². The minimum absolute atomic E-state index is 0.123. The Morgan fingerprint density at radius 1 is 0.754 bits per heavy atom. The van der Waals surface area contributed by atoms with Crippen molar-refractivity contribution in [2.75, 3.05) is 26.2 Å². The second-order valence-corrected chi connectivity index (χ2v) is 16.3. The van der Waals surface area contributed by atoms with Crippen LogP contribution in [0.2, 0.25) is 0 Å². The Morgan fingerprint density at radius 3 is 2.02 bits per heavy atom. The quantitative estimate of drug-likeness (QED) is 0.144. The summed E-state index contributed by atoms with van der Waals surface area (Å²) in [6.45, 7) is 2.59. The van der Waals surface area contributed by atoms with Crippen molar-refractivity contribution in [1.29, 1.82) is 0 Å². The first-order chi connectivity index (χ1) is 29.0. The van der Waals surface area contributed by atoms with Crippen LogP contribution in [0, 0.1) is 0 Å². The van der Waals surface area contributed by atoms with E-state index in [0.29, 0.717) is 11.3 Å². The van der Waals surface area contributed by atoms with Crippen molar-refractivity contribution < 1.29 is 80.9 Å². The number of amides is 1. The second kappa shape index (κ2) is 21.9. The first-order valence-corrected chi connectivity index (χ1v) is 20.4. The number of halogens is 4. The van der Waals surface area contributed by atoms with Crippen molar-refractivity contribution in [2.24, 2.45) is 0 Å². The van der Waals surface area contributed by atoms with Gasteiger partial charge in [-0.05, 0) is 31.2 Å². The minimum Gasteiger partial charge on any atom is -0.497 e. The van der Waals surface area contributed by atoms with Crippen molar-refractivity contribution in [3.63, 3.8) is 0 Å². The Kier molecular flexibility index (Phi) is 17.2. The number of nitrogens with one attached hydrogen (secondary N) is 1. The van der Waals surface area contributed by atoms with Crippen molar-refractivity contribution in [2.45, 2.75) is 105 Å². The molecule has 5 rings (SSSR count). The number of esters is 4. The molecule has 3 aliphatic heterocycles. The maximum absolute atomic E-state index is 13.5. The number of carbonyl (C=O) groups excluding carboxylic acids is 6. The summed E-state index contributed by atoms with van der Waals surface area (Å²) < 4.78 is 63.1. The van der Waals surface area contributed by atoms with Gasteiger partial charge in [-0.1, -0.05) is 65.1 Å². The first kappa shape index (κ1) is 48.1. The number of carbonyl (C=O) groups is 6. The van der Waals surface area contributed by atoms with Gasteiger partial charge in [-0.15, -0.1) is 11.6 Å². The van der Waals surface area contributed by atoms with Gasteiger partial charge in [0.2, 0.25) is 6.29 Å². The van der Waals surface area contributed by atoms with Gasteiger partial charge in [0.05, 0.1) is 20.1 Å². The highest BCUT2D eigenvalue weighted by Crippen LogP contribution is 2.40. The normalized spacial score (nSPS) is 28.6. The molecule has 0 bridgehead atoms. The molecular formula is C39H43Cl4NO17. The third kappa shape index (κ3) is 13.3.